The van der Waals surface area contributed by atoms with Gasteiger partial charge in [-0.05, 0) is 79.6 Å². The molecule has 2 aliphatic rings. The molecule has 2 amide bonds. The molecule has 1 heterocycles. The minimum Gasteiger partial charge on any atom is -0.326 e. The van der Waals surface area contributed by atoms with Crippen LogP contribution >= 0.6 is 0 Å². The van der Waals surface area contributed by atoms with Crippen LogP contribution < -0.4 is 16.1 Å². The maximum Gasteiger partial charge on any atom is 0.246 e. The van der Waals surface area contributed by atoms with Crippen molar-refractivity contribution >= 4 is 17.5 Å². The van der Waals surface area contributed by atoms with E-state index >= 15 is 0 Å². The smallest absolute Gasteiger partial charge is 0.246 e. The monoisotopic (exact) mass is 407 g/mol. The van der Waals surface area contributed by atoms with Crippen molar-refractivity contribution in [1.82, 2.24) is 10.8 Å². The average molecular weight is 408 g/mol. The molecule has 158 valence electrons. The fraction of sp³-hybridized carbons (Fsp3) is 0.417. The summed E-state index contributed by atoms with van der Waals surface area (Å²) in [4.78, 5) is 24.6. The van der Waals surface area contributed by atoms with Crippen LogP contribution in [0.25, 0.3) is 11.1 Å². The quantitative estimate of drug-likeness (QED) is 0.462. The van der Waals surface area contributed by atoms with E-state index in [1.807, 2.05) is 25.1 Å². The molecular formula is C24H29N3O3. The lowest BCUT2D eigenvalue weighted by Gasteiger charge is -2.32. The van der Waals surface area contributed by atoms with Gasteiger partial charge in [0.2, 0.25) is 11.8 Å². The van der Waals surface area contributed by atoms with Gasteiger partial charge in [0.05, 0.1) is 0 Å². The normalized spacial score (nSPS) is 20.1. The van der Waals surface area contributed by atoms with Gasteiger partial charge in [-0.15, -0.1) is 0 Å². The Morgan fingerprint density at radius 2 is 1.83 bits per heavy atom. The number of aryl methyl sites for hydroxylation is 1. The molecule has 1 atom stereocenters. The van der Waals surface area contributed by atoms with Crippen LogP contribution in [0.5, 0.6) is 0 Å². The van der Waals surface area contributed by atoms with Crippen molar-refractivity contribution in [3.05, 3.63) is 53.6 Å². The molecule has 0 bridgehead atoms. The maximum absolute atomic E-state index is 12.8. The van der Waals surface area contributed by atoms with E-state index in [0.29, 0.717) is 6.42 Å². The highest BCUT2D eigenvalue weighted by atomic mass is 16.5. The Bertz CT molecular complexity index is 950. The summed E-state index contributed by atoms with van der Waals surface area (Å²) in [5, 5.41) is 15.3. The topological polar surface area (TPSA) is 90.5 Å². The summed E-state index contributed by atoms with van der Waals surface area (Å²) in [7, 11) is 0. The molecule has 4 rings (SSSR count). The number of anilines is 1. The van der Waals surface area contributed by atoms with Gasteiger partial charge in [-0.3, -0.25) is 14.8 Å². The van der Waals surface area contributed by atoms with Gasteiger partial charge in [-0.25, -0.2) is 5.48 Å². The number of amides is 2. The Hall–Kier alpha value is -2.70. The maximum atomic E-state index is 12.8. The van der Waals surface area contributed by atoms with Crippen molar-refractivity contribution in [3.63, 3.8) is 0 Å². The number of benzene rings is 2. The van der Waals surface area contributed by atoms with Crippen molar-refractivity contribution in [3.8, 4) is 11.1 Å². The molecule has 1 unspecified atom stereocenters. The van der Waals surface area contributed by atoms with Crippen molar-refractivity contribution in [1.29, 1.82) is 0 Å². The summed E-state index contributed by atoms with van der Waals surface area (Å²) in [5.74, 6) is -0.404. The molecule has 2 aromatic carbocycles. The summed E-state index contributed by atoms with van der Waals surface area (Å²) >= 11 is 0. The van der Waals surface area contributed by atoms with E-state index in [9.17, 15) is 9.59 Å². The highest BCUT2D eigenvalue weighted by Crippen LogP contribution is 2.32. The first-order valence-corrected chi connectivity index (χ1v) is 10.7. The molecule has 0 radical (unpaired) electrons. The molecule has 2 aromatic rings. The minimum absolute atomic E-state index is 0.0831. The zero-order chi connectivity index (χ0) is 21.1. The molecule has 0 saturated carbocycles. The predicted octanol–water partition coefficient (Wildman–Crippen LogP) is 3.29. The second-order valence-corrected chi connectivity index (χ2v) is 8.74. The van der Waals surface area contributed by atoms with E-state index in [0.717, 1.165) is 61.2 Å². The molecule has 6 nitrogen and oxygen atoms in total. The molecule has 4 N–H and O–H groups in total. The fourth-order valence-electron chi connectivity index (χ4n) is 4.51. The highest BCUT2D eigenvalue weighted by Gasteiger charge is 2.34. The highest BCUT2D eigenvalue weighted by molar-refractivity contribution is 5.95. The molecule has 0 aromatic heterocycles. The summed E-state index contributed by atoms with van der Waals surface area (Å²) in [5.41, 5.74) is 6.81. The zero-order valence-electron chi connectivity index (χ0n) is 17.3. The molecule has 0 spiro atoms. The van der Waals surface area contributed by atoms with Crippen molar-refractivity contribution < 1.29 is 14.8 Å². The third-order valence-electron chi connectivity index (χ3n) is 6.62. The third-order valence-corrected chi connectivity index (χ3v) is 6.62. The van der Waals surface area contributed by atoms with Gasteiger partial charge in [-0.1, -0.05) is 37.3 Å². The third kappa shape index (κ3) is 4.25. The average Bonchev–Trinajstić information content (AvgIpc) is 2.78. The van der Waals surface area contributed by atoms with Gasteiger partial charge in [0.1, 0.15) is 0 Å². The number of carbonyl (C=O) groups excluding carboxylic acids is 2. The molecule has 1 aliphatic carbocycles. The molecule has 1 aliphatic heterocycles. The summed E-state index contributed by atoms with van der Waals surface area (Å²) in [6, 6.07) is 14.3. The zero-order valence-corrected chi connectivity index (χ0v) is 17.3. The van der Waals surface area contributed by atoms with Gasteiger partial charge in [-0.2, -0.15) is 0 Å². The lowest BCUT2D eigenvalue weighted by Crippen LogP contribution is -2.42. The molecule has 1 fully saturated rings. The number of piperidine rings is 1. The standard InChI is InChI=1S/C24H29N3O3/c1-24(9-11-25-12-10-24)23(29)26-21-4-2-3-16(15-21)17-5-6-19-14-20(22(28)27-30)8-7-18(19)13-17/h2-6,13,15,20,25,30H,7-12,14H2,1H3,(H,26,29)(H,27,28). The molecule has 30 heavy (non-hydrogen) atoms. The first-order chi connectivity index (χ1) is 14.5. The van der Waals surface area contributed by atoms with Crippen LogP contribution in [-0.4, -0.2) is 30.1 Å². The van der Waals surface area contributed by atoms with Gasteiger partial charge in [0, 0.05) is 17.0 Å². The summed E-state index contributed by atoms with van der Waals surface area (Å²) in [6.45, 7) is 3.79. The van der Waals surface area contributed by atoms with Gasteiger partial charge < -0.3 is 10.6 Å². The molecule has 6 heteroatoms. The summed E-state index contributed by atoms with van der Waals surface area (Å²) < 4.78 is 0. The predicted molar refractivity (Wildman–Crippen MR) is 116 cm³/mol. The number of rotatable bonds is 4. The molecule has 1 saturated heterocycles. The van der Waals surface area contributed by atoms with Crippen LogP contribution in [0.3, 0.4) is 0 Å². The van der Waals surface area contributed by atoms with E-state index in [1.54, 1.807) is 5.48 Å². The largest absolute Gasteiger partial charge is 0.326 e. The number of hydroxylamine groups is 1. The Labute approximate surface area is 177 Å². The number of carbonyl (C=O) groups is 2. The van der Waals surface area contributed by atoms with Crippen molar-refractivity contribution in [2.75, 3.05) is 18.4 Å². The number of nitrogens with one attached hydrogen (secondary N) is 3. The molecular weight excluding hydrogens is 378 g/mol. The Balaban J connectivity index is 1.50. The van der Waals surface area contributed by atoms with Crippen LogP contribution in [-0.2, 0) is 22.4 Å². The van der Waals surface area contributed by atoms with E-state index in [4.69, 9.17) is 5.21 Å². The second kappa shape index (κ2) is 8.58. The fourth-order valence-corrected chi connectivity index (χ4v) is 4.51. The Morgan fingerprint density at radius 3 is 2.60 bits per heavy atom. The van der Waals surface area contributed by atoms with E-state index < -0.39 is 0 Å². The van der Waals surface area contributed by atoms with Crippen LogP contribution in [0.15, 0.2) is 42.5 Å². The van der Waals surface area contributed by atoms with Crippen molar-refractivity contribution in [2.45, 2.75) is 39.0 Å². The number of hydrogen-bond acceptors (Lipinski definition) is 4. The van der Waals surface area contributed by atoms with Gasteiger partial charge in [0.25, 0.3) is 0 Å². The minimum atomic E-state index is -0.329. The van der Waals surface area contributed by atoms with Crippen LogP contribution in [0.2, 0.25) is 0 Å². The number of fused-ring (bicyclic) bond motifs is 1. The Kier molecular flexibility index (Phi) is 5.88. The summed E-state index contributed by atoms with van der Waals surface area (Å²) in [6.07, 6.45) is 3.87. The van der Waals surface area contributed by atoms with E-state index in [2.05, 4.69) is 34.9 Å². The first-order valence-electron chi connectivity index (χ1n) is 10.7. The van der Waals surface area contributed by atoms with Crippen LogP contribution in [0.4, 0.5) is 5.69 Å². The van der Waals surface area contributed by atoms with E-state index in [-0.39, 0.29) is 23.1 Å². The van der Waals surface area contributed by atoms with Crippen molar-refractivity contribution in [2.24, 2.45) is 11.3 Å². The first kappa shape index (κ1) is 20.6. The number of hydrogen-bond donors (Lipinski definition) is 4. The SMILES string of the molecule is CC1(C(=O)Nc2cccc(-c3ccc4c(c3)CCC(C(=O)NO)C4)c2)CCNCC1. The van der Waals surface area contributed by atoms with Crippen LogP contribution in [0, 0.1) is 11.3 Å². The second-order valence-electron chi connectivity index (χ2n) is 8.74. The Morgan fingerprint density at radius 1 is 1.07 bits per heavy atom. The lowest BCUT2D eigenvalue weighted by molar-refractivity contribution is -0.133. The van der Waals surface area contributed by atoms with E-state index in [1.165, 1.54) is 5.56 Å². The van der Waals surface area contributed by atoms with Gasteiger partial charge in [0.15, 0.2) is 0 Å². The van der Waals surface area contributed by atoms with Crippen LogP contribution in [0.1, 0.15) is 37.3 Å². The lowest BCUT2D eigenvalue weighted by atomic mass is 9.80. The van der Waals surface area contributed by atoms with Gasteiger partial charge >= 0.3 is 0 Å².